The highest BCUT2D eigenvalue weighted by Gasteiger charge is 2.32. The molecule has 0 aliphatic rings. The molecule has 0 saturated carbocycles. The van der Waals surface area contributed by atoms with Crippen LogP contribution in [0, 0.1) is 0 Å². The van der Waals surface area contributed by atoms with E-state index >= 15 is 0 Å². The Bertz CT molecular complexity index is 469. The van der Waals surface area contributed by atoms with E-state index in [9.17, 15) is 18.0 Å². The van der Waals surface area contributed by atoms with Gasteiger partial charge in [-0.25, -0.2) is 0 Å². The average molecular weight is 295 g/mol. The van der Waals surface area contributed by atoms with E-state index in [2.05, 4.69) is 0 Å². The number of hydrogen-bond acceptors (Lipinski definition) is 2. The van der Waals surface area contributed by atoms with Gasteiger partial charge in [0.05, 0.1) is 5.56 Å². The Morgan fingerprint density at radius 3 is 2.67 bits per heavy atom. The summed E-state index contributed by atoms with van der Waals surface area (Å²) in [4.78, 5) is 10.7. The van der Waals surface area contributed by atoms with Crippen molar-refractivity contribution in [1.82, 2.24) is 0 Å². The molecule has 1 rings (SSSR count). The second-order valence-corrected chi connectivity index (χ2v) is 5.07. The number of thioether (sulfide) groups is 1. The molecule has 1 nitrogen and oxygen atoms in total. The molecule has 0 saturated heterocycles. The molecule has 0 aliphatic heterocycles. The fourth-order valence-corrected chi connectivity index (χ4v) is 1.88. The second kappa shape index (κ2) is 6.29. The molecule has 1 aromatic rings. The molecule has 0 bridgehead atoms. The lowest BCUT2D eigenvalue weighted by Gasteiger charge is -2.10. The Balaban J connectivity index is 2.93. The number of carbonyl (C=O) groups is 1. The maximum Gasteiger partial charge on any atom is 0.416 e. The highest BCUT2D eigenvalue weighted by Crippen LogP contribution is 2.33. The van der Waals surface area contributed by atoms with Crippen LogP contribution in [0.1, 0.15) is 18.1 Å². The number of hydrogen-bond donors (Lipinski definition) is 0. The first-order valence-electron chi connectivity index (χ1n) is 4.97. The first-order chi connectivity index (χ1) is 8.30. The van der Waals surface area contributed by atoms with Crippen LogP contribution < -0.4 is 0 Å². The van der Waals surface area contributed by atoms with E-state index in [0.717, 1.165) is 17.8 Å². The number of rotatable bonds is 3. The molecular weight excluding hydrogens is 285 g/mol. The molecule has 0 aliphatic carbocycles. The van der Waals surface area contributed by atoms with Crippen LogP contribution in [-0.4, -0.2) is 10.9 Å². The van der Waals surface area contributed by atoms with Gasteiger partial charge in [0.25, 0.3) is 0 Å². The molecular formula is C12H10ClF3OS. The minimum atomic E-state index is -4.42. The van der Waals surface area contributed by atoms with E-state index in [4.69, 9.17) is 11.6 Å². The first kappa shape index (κ1) is 15.1. The van der Waals surface area contributed by atoms with Crippen LogP contribution >= 0.6 is 23.4 Å². The molecule has 18 heavy (non-hydrogen) atoms. The third-order valence-corrected chi connectivity index (χ3v) is 3.00. The number of carbonyl (C=O) groups excluding carboxylic acids is 1. The fourth-order valence-electron chi connectivity index (χ4n) is 1.27. The van der Waals surface area contributed by atoms with Gasteiger partial charge in [-0.3, -0.25) is 4.79 Å². The van der Waals surface area contributed by atoms with Gasteiger partial charge in [-0.2, -0.15) is 13.2 Å². The monoisotopic (exact) mass is 294 g/mol. The van der Waals surface area contributed by atoms with Crippen molar-refractivity contribution in [2.24, 2.45) is 0 Å². The van der Waals surface area contributed by atoms with Crippen molar-refractivity contribution in [2.75, 3.05) is 5.75 Å². The Kier molecular flexibility index (Phi) is 5.28. The summed E-state index contributed by atoms with van der Waals surface area (Å²) >= 11 is 6.70. The Morgan fingerprint density at radius 2 is 2.11 bits per heavy atom. The summed E-state index contributed by atoms with van der Waals surface area (Å²) < 4.78 is 38.0. The van der Waals surface area contributed by atoms with Gasteiger partial charge in [-0.15, -0.1) is 0 Å². The van der Waals surface area contributed by atoms with Crippen molar-refractivity contribution in [3.05, 3.63) is 40.4 Å². The van der Waals surface area contributed by atoms with Crippen molar-refractivity contribution in [2.45, 2.75) is 13.1 Å². The third kappa shape index (κ3) is 4.74. The van der Waals surface area contributed by atoms with E-state index in [1.807, 2.05) is 0 Å². The van der Waals surface area contributed by atoms with Gasteiger partial charge >= 0.3 is 6.18 Å². The molecule has 98 valence electrons. The van der Waals surface area contributed by atoms with Gasteiger partial charge in [-0.1, -0.05) is 35.5 Å². The zero-order chi connectivity index (χ0) is 13.8. The molecule has 1 aromatic carbocycles. The standard InChI is InChI=1S/C12H10ClF3OS/c1-8(17)18-6-2-3-9-7-10(13)4-5-11(9)12(14,15)16/h2-5,7H,6H2,1H3. The predicted molar refractivity (Wildman–Crippen MR) is 68.6 cm³/mol. The molecule has 0 heterocycles. The zero-order valence-corrected chi connectivity index (χ0v) is 11.0. The summed E-state index contributed by atoms with van der Waals surface area (Å²) in [7, 11) is 0. The number of halogens is 4. The number of alkyl halides is 3. The summed E-state index contributed by atoms with van der Waals surface area (Å²) in [6, 6.07) is 3.39. The fraction of sp³-hybridized carbons (Fsp3) is 0.250. The van der Waals surface area contributed by atoms with Gasteiger partial charge in [-0.05, 0) is 23.8 Å². The van der Waals surface area contributed by atoms with E-state index < -0.39 is 11.7 Å². The summed E-state index contributed by atoms with van der Waals surface area (Å²) in [5, 5.41) is 0.156. The SMILES string of the molecule is CC(=O)SCC=Cc1cc(Cl)ccc1C(F)(F)F. The van der Waals surface area contributed by atoms with E-state index in [-0.39, 0.29) is 15.7 Å². The lowest BCUT2D eigenvalue weighted by molar-refractivity contribution is -0.137. The second-order valence-electron chi connectivity index (χ2n) is 3.43. The topological polar surface area (TPSA) is 17.1 Å². The first-order valence-corrected chi connectivity index (χ1v) is 6.33. The highest BCUT2D eigenvalue weighted by atomic mass is 35.5. The molecule has 0 N–H and O–H groups in total. The van der Waals surface area contributed by atoms with Crippen molar-refractivity contribution < 1.29 is 18.0 Å². The Hall–Kier alpha value is -0.940. The van der Waals surface area contributed by atoms with Crippen LogP contribution in [-0.2, 0) is 11.0 Å². The lowest BCUT2D eigenvalue weighted by atomic mass is 10.1. The van der Waals surface area contributed by atoms with Crippen LogP contribution in [0.5, 0.6) is 0 Å². The van der Waals surface area contributed by atoms with E-state index in [1.165, 1.54) is 31.2 Å². The van der Waals surface area contributed by atoms with Crippen molar-refractivity contribution in [3.8, 4) is 0 Å². The van der Waals surface area contributed by atoms with E-state index in [1.54, 1.807) is 0 Å². The van der Waals surface area contributed by atoms with Crippen molar-refractivity contribution in [1.29, 1.82) is 0 Å². The summed E-state index contributed by atoms with van der Waals surface area (Å²) in [5.41, 5.74) is -0.741. The van der Waals surface area contributed by atoms with Gasteiger partial charge in [0.15, 0.2) is 5.12 Å². The van der Waals surface area contributed by atoms with Gasteiger partial charge < -0.3 is 0 Å². The molecule has 0 radical (unpaired) electrons. The largest absolute Gasteiger partial charge is 0.416 e. The quantitative estimate of drug-likeness (QED) is 0.807. The summed E-state index contributed by atoms with van der Waals surface area (Å²) in [6.45, 7) is 1.40. The highest BCUT2D eigenvalue weighted by molar-refractivity contribution is 8.13. The van der Waals surface area contributed by atoms with Gasteiger partial charge in [0, 0.05) is 17.7 Å². The van der Waals surface area contributed by atoms with Crippen LogP contribution in [0.2, 0.25) is 5.02 Å². The summed E-state index contributed by atoms with van der Waals surface area (Å²) in [5.74, 6) is 0.332. The van der Waals surface area contributed by atoms with Crippen LogP contribution in [0.25, 0.3) is 6.08 Å². The maximum atomic E-state index is 12.7. The smallest absolute Gasteiger partial charge is 0.288 e. The molecule has 6 heteroatoms. The minimum absolute atomic E-state index is 0.000785. The molecule has 0 aromatic heterocycles. The van der Waals surface area contributed by atoms with Crippen LogP contribution in [0.3, 0.4) is 0 Å². The molecule has 0 spiro atoms. The Labute approximate surface area is 112 Å². The molecule has 0 atom stereocenters. The zero-order valence-electron chi connectivity index (χ0n) is 9.42. The van der Waals surface area contributed by atoms with Gasteiger partial charge in [0.1, 0.15) is 0 Å². The Morgan fingerprint density at radius 1 is 1.44 bits per heavy atom. The van der Waals surface area contributed by atoms with Crippen LogP contribution in [0.15, 0.2) is 24.3 Å². The van der Waals surface area contributed by atoms with E-state index in [0.29, 0.717) is 5.75 Å². The summed E-state index contributed by atoms with van der Waals surface area (Å²) in [6.07, 6.45) is -1.59. The third-order valence-electron chi connectivity index (χ3n) is 2.00. The van der Waals surface area contributed by atoms with Crippen molar-refractivity contribution >= 4 is 34.6 Å². The predicted octanol–water partition coefficient (Wildman–Crippen LogP) is 4.65. The maximum absolute atomic E-state index is 12.7. The van der Waals surface area contributed by atoms with Crippen molar-refractivity contribution in [3.63, 3.8) is 0 Å². The van der Waals surface area contributed by atoms with Gasteiger partial charge in [0.2, 0.25) is 0 Å². The minimum Gasteiger partial charge on any atom is -0.288 e. The van der Waals surface area contributed by atoms with Crippen LogP contribution in [0.4, 0.5) is 13.2 Å². The molecule has 0 unspecified atom stereocenters. The molecule has 0 amide bonds. The average Bonchev–Trinajstić information content (AvgIpc) is 2.22. The molecule has 0 fully saturated rings. The normalized spacial score (nSPS) is 12.1. The lowest BCUT2D eigenvalue weighted by Crippen LogP contribution is -2.07. The number of benzene rings is 1.